The summed E-state index contributed by atoms with van der Waals surface area (Å²) < 4.78 is 13.1. The molecule has 0 saturated heterocycles. The molecule has 0 radical (unpaired) electrons. The van der Waals surface area contributed by atoms with Crippen molar-refractivity contribution in [2.75, 3.05) is 0 Å². The predicted molar refractivity (Wildman–Crippen MR) is 77.2 cm³/mol. The van der Waals surface area contributed by atoms with Gasteiger partial charge in [-0.25, -0.2) is 0 Å². The average molecular weight is 299 g/mol. The van der Waals surface area contributed by atoms with Crippen LogP contribution in [0.1, 0.15) is 5.89 Å². The maximum absolute atomic E-state index is 11.7. The van der Waals surface area contributed by atoms with Crippen molar-refractivity contribution in [3.05, 3.63) is 58.2 Å². The number of nitrogens with zero attached hydrogens (tertiary/aromatic N) is 3. The minimum atomic E-state index is 0.0260. The number of furan rings is 1. The molecule has 0 amide bonds. The topological polar surface area (TPSA) is 74.1 Å². The maximum Gasteiger partial charge on any atom is 0.246 e. The molecule has 0 N–H and O–H groups in total. The van der Waals surface area contributed by atoms with Gasteiger partial charge in [0.05, 0.1) is 16.5 Å². The van der Waals surface area contributed by atoms with Gasteiger partial charge in [-0.3, -0.25) is 4.79 Å². The van der Waals surface area contributed by atoms with Gasteiger partial charge in [-0.05, 0) is 23.6 Å². The van der Waals surface area contributed by atoms with Gasteiger partial charge in [-0.15, -0.1) is 11.3 Å². The third-order valence-electron chi connectivity index (χ3n) is 3.10. The molecule has 0 aliphatic heterocycles. The van der Waals surface area contributed by atoms with Crippen LogP contribution < -0.4 is 5.43 Å². The van der Waals surface area contributed by atoms with E-state index in [0.29, 0.717) is 24.0 Å². The Labute approximate surface area is 122 Å². The van der Waals surface area contributed by atoms with E-state index in [2.05, 4.69) is 10.1 Å². The zero-order valence-corrected chi connectivity index (χ0v) is 11.5. The Bertz CT molecular complexity index is 949. The number of hydrogen-bond donors (Lipinski definition) is 0. The van der Waals surface area contributed by atoms with E-state index in [1.54, 1.807) is 30.7 Å². The van der Waals surface area contributed by atoms with Crippen LogP contribution in [0.25, 0.3) is 21.8 Å². The molecule has 21 heavy (non-hydrogen) atoms. The van der Waals surface area contributed by atoms with Crippen molar-refractivity contribution in [2.24, 2.45) is 0 Å². The van der Waals surface area contributed by atoms with Crippen molar-refractivity contribution in [3.63, 3.8) is 0 Å². The van der Waals surface area contributed by atoms with E-state index in [0.717, 1.165) is 10.2 Å². The normalized spacial score (nSPS) is 11.2. The molecule has 4 aromatic rings. The first-order valence-electron chi connectivity index (χ1n) is 6.24. The van der Waals surface area contributed by atoms with Gasteiger partial charge in [0.15, 0.2) is 11.2 Å². The largest absolute Gasteiger partial charge is 0.461 e. The second-order valence-corrected chi connectivity index (χ2v) is 5.35. The fraction of sp³-hybridized carbons (Fsp3) is 0.0714. The Morgan fingerprint density at radius 3 is 3.10 bits per heavy atom. The van der Waals surface area contributed by atoms with Gasteiger partial charge in [0.1, 0.15) is 6.54 Å². The lowest BCUT2D eigenvalue weighted by molar-refractivity contribution is 0.371. The van der Waals surface area contributed by atoms with Crippen LogP contribution in [-0.2, 0) is 6.54 Å². The zero-order chi connectivity index (χ0) is 14.2. The highest BCUT2D eigenvalue weighted by Crippen LogP contribution is 2.19. The van der Waals surface area contributed by atoms with Gasteiger partial charge < -0.3 is 13.5 Å². The quantitative estimate of drug-likeness (QED) is 0.581. The first-order chi connectivity index (χ1) is 10.3. The Morgan fingerprint density at radius 2 is 2.24 bits per heavy atom. The van der Waals surface area contributed by atoms with E-state index in [4.69, 9.17) is 8.94 Å². The minimum absolute atomic E-state index is 0.0260. The molecule has 0 bridgehead atoms. The maximum atomic E-state index is 11.7. The van der Waals surface area contributed by atoms with E-state index < -0.39 is 0 Å². The summed E-state index contributed by atoms with van der Waals surface area (Å²) in [4.78, 5) is 16.0. The molecule has 0 fully saturated rings. The summed E-state index contributed by atoms with van der Waals surface area (Å²) in [6, 6.07) is 6.99. The molecule has 0 aromatic carbocycles. The van der Waals surface area contributed by atoms with Crippen molar-refractivity contribution >= 4 is 21.6 Å². The number of pyridine rings is 1. The smallest absolute Gasteiger partial charge is 0.246 e. The molecule has 0 aliphatic rings. The summed E-state index contributed by atoms with van der Waals surface area (Å²) in [6.45, 7) is 0.404. The van der Waals surface area contributed by atoms with Crippen LogP contribution in [0.3, 0.4) is 0 Å². The van der Waals surface area contributed by atoms with Crippen molar-refractivity contribution < 1.29 is 8.94 Å². The van der Waals surface area contributed by atoms with Crippen LogP contribution in [0.15, 0.2) is 55.8 Å². The van der Waals surface area contributed by atoms with Crippen molar-refractivity contribution in [1.29, 1.82) is 0 Å². The van der Waals surface area contributed by atoms with Gasteiger partial charge in [0, 0.05) is 12.3 Å². The lowest BCUT2D eigenvalue weighted by Gasteiger charge is -2.04. The highest BCUT2D eigenvalue weighted by molar-refractivity contribution is 7.17. The molecule has 0 unspecified atom stereocenters. The Hall–Kier alpha value is -2.67. The van der Waals surface area contributed by atoms with Gasteiger partial charge in [0.25, 0.3) is 0 Å². The van der Waals surface area contributed by atoms with Crippen molar-refractivity contribution in [1.82, 2.24) is 14.7 Å². The summed E-state index contributed by atoms with van der Waals surface area (Å²) in [6.07, 6.45) is 3.29. The summed E-state index contributed by atoms with van der Waals surface area (Å²) in [7, 11) is 0. The number of thiophene rings is 1. The Balaban J connectivity index is 1.71. The van der Waals surface area contributed by atoms with Gasteiger partial charge >= 0.3 is 0 Å². The fourth-order valence-electron chi connectivity index (χ4n) is 2.14. The number of fused-ring (bicyclic) bond motifs is 1. The third-order valence-corrected chi connectivity index (χ3v) is 4.02. The molecule has 6 nitrogen and oxygen atoms in total. The molecule has 104 valence electrons. The van der Waals surface area contributed by atoms with Crippen LogP contribution in [0.4, 0.5) is 0 Å². The minimum Gasteiger partial charge on any atom is -0.461 e. The standard InChI is InChI=1S/C14H9N3O3S/c18-10-3-5-17(9-4-7-21-13(9)10)8-12-15-14(16-20-12)11-2-1-6-19-11/h1-7H,8H2. The van der Waals surface area contributed by atoms with E-state index in [9.17, 15) is 4.79 Å². The van der Waals surface area contributed by atoms with Gasteiger partial charge in [0.2, 0.25) is 11.7 Å². The summed E-state index contributed by atoms with van der Waals surface area (Å²) in [5.41, 5.74) is 0.892. The van der Waals surface area contributed by atoms with Crippen LogP contribution in [0.2, 0.25) is 0 Å². The van der Waals surface area contributed by atoms with Gasteiger partial charge in [-0.1, -0.05) is 5.16 Å². The molecular formula is C14H9N3O3S. The number of hydrogen-bond acceptors (Lipinski definition) is 6. The molecule has 7 heteroatoms. The number of rotatable bonds is 3. The first kappa shape index (κ1) is 12.1. The molecule has 0 spiro atoms. The highest BCUT2D eigenvalue weighted by atomic mass is 32.1. The first-order valence-corrected chi connectivity index (χ1v) is 7.12. The molecular weight excluding hydrogens is 290 g/mol. The Kier molecular flexibility index (Phi) is 2.71. The monoisotopic (exact) mass is 299 g/mol. The second kappa shape index (κ2) is 4.71. The lowest BCUT2D eigenvalue weighted by atomic mass is 10.3. The van der Waals surface area contributed by atoms with Crippen molar-refractivity contribution in [2.45, 2.75) is 6.54 Å². The molecule has 0 saturated carbocycles. The second-order valence-electron chi connectivity index (χ2n) is 4.43. The van der Waals surface area contributed by atoms with Crippen LogP contribution in [-0.4, -0.2) is 14.7 Å². The molecule has 4 heterocycles. The van der Waals surface area contributed by atoms with E-state index >= 15 is 0 Å². The van der Waals surface area contributed by atoms with Crippen LogP contribution >= 0.6 is 11.3 Å². The lowest BCUT2D eigenvalue weighted by Crippen LogP contribution is -2.07. The third kappa shape index (κ3) is 2.07. The van der Waals surface area contributed by atoms with E-state index in [1.165, 1.54) is 11.3 Å². The fourth-order valence-corrected chi connectivity index (χ4v) is 2.96. The highest BCUT2D eigenvalue weighted by Gasteiger charge is 2.12. The SMILES string of the molecule is O=c1ccn(Cc2nc(-c3ccco3)no2)c2ccsc12. The summed E-state index contributed by atoms with van der Waals surface area (Å²) in [5, 5.41) is 5.78. The molecule has 0 atom stereocenters. The number of aromatic nitrogens is 3. The summed E-state index contributed by atoms with van der Waals surface area (Å²) in [5.74, 6) is 1.43. The van der Waals surface area contributed by atoms with Crippen molar-refractivity contribution in [3.8, 4) is 11.6 Å². The predicted octanol–water partition coefficient (Wildman–Crippen LogP) is 2.75. The van der Waals surface area contributed by atoms with Crippen LogP contribution in [0, 0.1) is 0 Å². The van der Waals surface area contributed by atoms with Crippen LogP contribution in [0.5, 0.6) is 0 Å². The van der Waals surface area contributed by atoms with E-state index in [-0.39, 0.29) is 5.43 Å². The Morgan fingerprint density at radius 1 is 1.29 bits per heavy atom. The average Bonchev–Trinajstić information content (AvgIpc) is 3.22. The molecule has 4 aromatic heterocycles. The summed E-state index contributed by atoms with van der Waals surface area (Å²) >= 11 is 1.43. The van der Waals surface area contributed by atoms with Gasteiger partial charge in [-0.2, -0.15) is 4.98 Å². The molecule has 4 rings (SSSR count). The van der Waals surface area contributed by atoms with E-state index in [1.807, 2.05) is 16.0 Å². The zero-order valence-electron chi connectivity index (χ0n) is 10.7. The molecule has 0 aliphatic carbocycles.